The molecule has 0 bridgehead atoms. The van der Waals surface area contributed by atoms with E-state index in [2.05, 4.69) is 0 Å². The molecule has 4 nitrogen and oxygen atoms in total. The molecule has 1 aliphatic heterocycles. The molecule has 18 heavy (non-hydrogen) atoms. The minimum absolute atomic E-state index is 0.129. The second-order valence-corrected chi connectivity index (χ2v) is 4.15. The van der Waals surface area contributed by atoms with E-state index in [1.165, 1.54) is 0 Å². The second kappa shape index (κ2) is 6.42. The van der Waals surface area contributed by atoms with E-state index in [-0.39, 0.29) is 6.10 Å². The number of benzene rings is 1. The van der Waals surface area contributed by atoms with E-state index in [1.54, 1.807) is 7.11 Å². The first-order valence-electron chi connectivity index (χ1n) is 6.12. The average Bonchev–Trinajstić information content (AvgIpc) is 2.90. The maximum atomic E-state index is 5.86. The lowest BCUT2D eigenvalue weighted by atomic mass is 10.2. The molecule has 1 aromatic rings. The predicted octanol–water partition coefficient (Wildman–Crippen LogP) is 1.83. The van der Waals surface area contributed by atoms with Gasteiger partial charge in [-0.15, -0.1) is 0 Å². The zero-order chi connectivity index (χ0) is 12.8. The summed E-state index contributed by atoms with van der Waals surface area (Å²) in [6.45, 7) is 1.95. The molecule has 1 unspecified atom stereocenters. The van der Waals surface area contributed by atoms with Crippen molar-refractivity contribution in [3.8, 4) is 11.5 Å². The zero-order valence-corrected chi connectivity index (χ0v) is 10.6. The molecule has 0 amide bonds. The maximum absolute atomic E-state index is 5.86. The van der Waals surface area contributed by atoms with Crippen LogP contribution in [-0.2, 0) is 4.74 Å². The molecular formula is C14H19NO3. The highest BCUT2D eigenvalue weighted by Crippen LogP contribution is 2.30. The fraction of sp³-hybridized carbons (Fsp3) is 0.429. The molecule has 1 atom stereocenters. The van der Waals surface area contributed by atoms with Crippen LogP contribution in [0.25, 0.3) is 6.08 Å². The van der Waals surface area contributed by atoms with Gasteiger partial charge >= 0.3 is 0 Å². The van der Waals surface area contributed by atoms with Crippen LogP contribution in [0.15, 0.2) is 24.3 Å². The molecular weight excluding hydrogens is 230 g/mol. The smallest absolute Gasteiger partial charge is 0.161 e. The zero-order valence-electron chi connectivity index (χ0n) is 10.6. The number of hydrogen-bond donors (Lipinski definition) is 1. The topological polar surface area (TPSA) is 53.7 Å². The molecule has 1 aliphatic rings. The second-order valence-electron chi connectivity index (χ2n) is 4.15. The van der Waals surface area contributed by atoms with E-state index >= 15 is 0 Å². The first-order valence-corrected chi connectivity index (χ1v) is 6.12. The van der Waals surface area contributed by atoms with Gasteiger partial charge < -0.3 is 19.9 Å². The van der Waals surface area contributed by atoms with Gasteiger partial charge in [0.05, 0.1) is 20.3 Å². The van der Waals surface area contributed by atoms with Crippen molar-refractivity contribution in [2.75, 3.05) is 26.9 Å². The van der Waals surface area contributed by atoms with Gasteiger partial charge in [-0.3, -0.25) is 0 Å². The molecule has 0 aliphatic carbocycles. The summed E-state index contributed by atoms with van der Waals surface area (Å²) in [7, 11) is 1.64. The van der Waals surface area contributed by atoms with Crippen LogP contribution in [0.4, 0.5) is 0 Å². The predicted molar refractivity (Wildman–Crippen MR) is 70.9 cm³/mol. The molecule has 0 spiro atoms. The van der Waals surface area contributed by atoms with Gasteiger partial charge in [0, 0.05) is 13.0 Å². The van der Waals surface area contributed by atoms with Crippen molar-refractivity contribution < 1.29 is 14.2 Å². The summed E-state index contributed by atoms with van der Waals surface area (Å²) in [5.74, 6) is 1.50. The maximum Gasteiger partial charge on any atom is 0.161 e. The molecule has 1 heterocycles. The highest BCUT2D eigenvalue weighted by molar-refractivity contribution is 5.56. The van der Waals surface area contributed by atoms with E-state index in [0.29, 0.717) is 13.2 Å². The van der Waals surface area contributed by atoms with Crippen molar-refractivity contribution in [2.45, 2.75) is 12.5 Å². The van der Waals surface area contributed by atoms with E-state index in [0.717, 1.165) is 30.1 Å². The molecule has 0 radical (unpaired) electrons. The summed E-state index contributed by atoms with van der Waals surface area (Å²) in [5.41, 5.74) is 6.48. The summed E-state index contributed by atoms with van der Waals surface area (Å²) >= 11 is 0. The quantitative estimate of drug-likeness (QED) is 0.865. The lowest BCUT2D eigenvalue weighted by molar-refractivity contribution is 0.138. The normalized spacial score (nSPS) is 19.3. The molecule has 0 aromatic heterocycles. The molecule has 98 valence electrons. The van der Waals surface area contributed by atoms with Crippen molar-refractivity contribution in [1.29, 1.82) is 0 Å². The highest BCUT2D eigenvalue weighted by Gasteiger charge is 2.18. The lowest BCUT2D eigenvalue weighted by Gasteiger charge is -2.15. The first kappa shape index (κ1) is 12.9. The van der Waals surface area contributed by atoms with Crippen molar-refractivity contribution in [1.82, 2.24) is 0 Å². The van der Waals surface area contributed by atoms with Gasteiger partial charge in [0.2, 0.25) is 0 Å². The third-order valence-electron chi connectivity index (χ3n) is 2.82. The summed E-state index contributed by atoms with van der Waals surface area (Å²) in [5, 5.41) is 0. The SMILES string of the molecule is COc1cc(/C=C/CN)ccc1OC1CCOC1. The van der Waals surface area contributed by atoms with E-state index in [9.17, 15) is 0 Å². The van der Waals surface area contributed by atoms with Gasteiger partial charge in [-0.05, 0) is 17.7 Å². The molecule has 1 fully saturated rings. The number of hydrogen-bond acceptors (Lipinski definition) is 4. The third-order valence-corrected chi connectivity index (χ3v) is 2.82. The fourth-order valence-electron chi connectivity index (χ4n) is 1.87. The van der Waals surface area contributed by atoms with Crippen molar-refractivity contribution in [3.63, 3.8) is 0 Å². The van der Waals surface area contributed by atoms with Crippen LogP contribution in [0.2, 0.25) is 0 Å². The Labute approximate surface area is 107 Å². The Morgan fingerprint density at radius 3 is 3.00 bits per heavy atom. The Morgan fingerprint density at radius 1 is 1.44 bits per heavy atom. The van der Waals surface area contributed by atoms with Crippen LogP contribution >= 0.6 is 0 Å². The highest BCUT2D eigenvalue weighted by atomic mass is 16.6. The summed E-state index contributed by atoms with van der Waals surface area (Å²) < 4.78 is 16.5. The van der Waals surface area contributed by atoms with E-state index < -0.39 is 0 Å². The Hall–Kier alpha value is -1.52. The number of ether oxygens (including phenoxy) is 3. The van der Waals surface area contributed by atoms with Gasteiger partial charge in [0.15, 0.2) is 11.5 Å². The Balaban J connectivity index is 2.11. The molecule has 1 saturated heterocycles. The Kier molecular flexibility index (Phi) is 4.61. The van der Waals surface area contributed by atoms with Crippen LogP contribution in [0.1, 0.15) is 12.0 Å². The van der Waals surface area contributed by atoms with E-state index in [4.69, 9.17) is 19.9 Å². The van der Waals surface area contributed by atoms with Crippen LogP contribution in [0.3, 0.4) is 0 Å². The minimum Gasteiger partial charge on any atom is -0.493 e. The number of nitrogens with two attached hydrogens (primary N) is 1. The molecule has 2 N–H and O–H groups in total. The lowest BCUT2D eigenvalue weighted by Crippen LogP contribution is -2.16. The number of rotatable bonds is 5. The summed E-state index contributed by atoms with van der Waals surface area (Å²) in [4.78, 5) is 0. The van der Waals surface area contributed by atoms with Crippen molar-refractivity contribution in [2.24, 2.45) is 5.73 Å². The van der Waals surface area contributed by atoms with Crippen LogP contribution in [-0.4, -0.2) is 33.0 Å². The largest absolute Gasteiger partial charge is 0.493 e. The van der Waals surface area contributed by atoms with Crippen LogP contribution in [0, 0.1) is 0 Å². The third kappa shape index (κ3) is 3.24. The van der Waals surface area contributed by atoms with Gasteiger partial charge in [-0.2, -0.15) is 0 Å². The standard InChI is InChI=1S/C14H19NO3/c1-16-14-9-11(3-2-7-15)4-5-13(14)18-12-6-8-17-10-12/h2-5,9,12H,6-8,10,15H2,1H3/b3-2+. The Bertz CT molecular complexity index is 412. The minimum atomic E-state index is 0.129. The van der Waals surface area contributed by atoms with Crippen LogP contribution in [0.5, 0.6) is 11.5 Å². The van der Waals surface area contributed by atoms with Gasteiger partial charge in [0.1, 0.15) is 6.10 Å². The summed E-state index contributed by atoms with van der Waals surface area (Å²) in [6, 6.07) is 5.85. The molecule has 1 aromatic carbocycles. The first-order chi connectivity index (χ1) is 8.83. The van der Waals surface area contributed by atoms with Gasteiger partial charge in [0.25, 0.3) is 0 Å². The molecule has 0 saturated carbocycles. The van der Waals surface area contributed by atoms with Gasteiger partial charge in [-0.1, -0.05) is 18.2 Å². The van der Waals surface area contributed by atoms with Crippen molar-refractivity contribution >= 4 is 6.08 Å². The monoisotopic (exact) mass is 249 g/mol. The van der Waals surface area contributed by atoms with E-state index in [1.807, 2.05) is 30.4 Å². The van der Waals surface area contributed by atoms with Crippen molar-refractivity contribution in [3.05, 3.63) is 29.8 Å². The summed E-state index contributed by atoms with van der Waals surface area (Å²) in [6.07, 6.45) is 4.92. The fourth-order valence-corrected chi connectivity index (χ4v) is 1.87. The molecule has 2 rings (SSSR count). The number of methoxy groups -OCH3 is 1. The Morgan fingerprint density at radius 2 is 2.33 bits per heavy atom. The van der Waals surface area contributed by atoms with Crippen LogP contribution < -0.4 is 15.2 Å². The molecule has 4 heteroatoms. The average molecular weight is 249 g/mol. The van der Waals surface area contributed by atoms with Gasteiger partial charge in [-0.25, -0.2) is 0 Å².